The lowest BCUT2D eigenvalue weighted by molar-refractivity contribution is 0.187. The highest BCUT2D eigenvalue weighted by Crippen LogP contribution is 2.34. The zero-order valence-electron chi connectivity index (χ0n) is 9.52. The molecule has 0 saturated carbocycles. The first kappa shape index (κ1) is 10.2. The number of hydrogen-bond acceptors (Lipinski definition) is 3. The standard InChI is InChI=1S/C13H16N2S/c1-15-9-5-4-7-11(15)13-14-10-6-2-3-8-12(10)16-13/h2-3,6,8,11H,4-5,7,9H2,1H3/t11-/m1/s1. The molecule has 0 bridgehead atoms. The highest BCUT2D eigenvalue weighted by atomic mass is 32.1. The number of thiazole rings is 1. The van der Waals surface area contributed by atoms with Gasteiger partial charge in [-0.15, -0.1) is 11.3 Å². The molecule has 1 aliphatic heterocycles. The molecule has 2 aromatic rings. The van der Waals surface area contributed by atoms with Gasteiger partial charge in [0.25, 0.3) is 0 Å². The SMILES string of the molecule is CN1CCCC[C@@H]1c1nc2ccccc2s1. The van der Waals surface area contributed by atoms with E-state index < -0.39 is 0 Å². The van der Waals surface area contributed by atoms with Crippen molar-refractivity contribution < 1.29 is 0 Å². The monoisotopic (exact) mass is 232 g/mol. The molecule has 0 spiro atoms. The highest BCUT2D eigenvalue weighted by molar-refractivity contribution is 7.18. The van der Waals surface area contributed by atoms with Gasteiger partial charge in [0.15, 0.2) is 0 Å². The summed E-state index contributed by atoms with van der Waals surface area (Å²) >= 11 is 1.85. The van der Waals surface area contributed by atoms with E-state index in [0.717, 1.165) is 5.52 Å². The van der Waals surface area contributed by atoms with Crippen LogP contribution in [-0.2, 0) is 0 Å². The van der Waals surface area contributed by atoms with E-state index in [1.54, 1.807) is 0 Å². The Morgan fingerprint density at radius 3 is 3.00 bits per heavy atom. The topological polar surface area (TPSA) is 16.1 Å². The van der Waals surface area contributed by atoms with Crippen LogP contribution in [-0.4, -0.2) is 23.5 Å². The number of fused-ring (bicyclic) bond motifs is 1. The third-order valence-corrected chi connectivity index (χ3v) is 4.50. The Kier molecular flexibility index (Phi) is 2.65. The fourth-order valence-electron chi connectivity index (χ4n) is 2.42. The minimum absolute atomic E-state index is 0.547. The van der Waals surface area contributed by atoms with Gasteiger partial charge in [0.2, 0.25) is 0 Å². The lowest BCUT2D eigenvalue weighted by atomic mass is 10.0. The average Bonchev–Trinajstić information content (AvgIpc) is 2.73. The molecule has 3 heteroatoms. The molecule has 1 aromatic heterocycles. The zero-order valence-corrected chi connectivity index (χ0v) is 10.3. The summed E-state index contributed by atoms with van der Waals surface area (Å²) in [6.45, 7) is 1.21. The Balaban J connectivity index is 1.98. The van der Waals surface area contributed by atoms with Gasteiger partial charge < -0.3 is 0 Å². The summed E-state index contributed by atoms with van der Waals surface area (Å²) in [6, 6.07) is 8.98. The molecule has 0 N–H and O–H groups in total. The van der Waals surface area contributed by atoms with E-state index in [4.69, 9.17) is 4.98 Å². The van der Waals surface area contributed by atoms with E-state index in [9.17, 15) is 0 Å². The van der Waals surface area contributed by atoms with Gasteiger partial charge in [-0.3, -0.25) is 4.90 Å². The average molecular weight is 232 g/mol. The van der Waals surface area contributed by atoms with Gasteiger partial charge in [0, 0.05) is 0 Å². The minimum Gasteiger partial charge on any atom is -0.297 e. The maximum atomic E-state index is 4.76. The van der Waals surface area contributed by atoms with Crippen LogP contribution in [0.1, 0.15) is 30.3 Å². The minimum atomic E-state index is 0.547. The number of nitrogens with zero attached hydrogens (tertiary/aromatic N) is 2. The predicted octanol–water partition coefficient (Wildman–Crippen LogP) is 3.45. The normalized spacial score (nSPS) is 22.7. The van der Waals surface area contributed by atoms with E-state index in [2.05, 4.69) is 36.2 Å². The first-order chi connectivity index (χ1) is 7.84. The van der Waals surface area contributed by atoms with Crippen LogP contribution >= 0.6 is 11.3 Å². The van der Waals surface area contributed by atoms with Crippen LogP contribution in [0.5, 0.6) is 0 Å². The maximum Gasteiger partial charge on any atom is 0.111 e. The van der Waals surface area contributed by atoms with E-state index in [1.165, 1.54) is 35.5 Å². The molecule has 1 fully saturated rings. The fourth-order valence-corrected chi connectivity index (χ4v) is 3.59. The van der Waals surface area contributed by atoms with Crippen LogP contribution < -0.4 is 0 Å². The van der Waals surface area contributed by atoms with Crippen molar-refractivity contribution >= 4 is 21.6 Å². The molecule has 0 amide bonds. The lowest BCUT2D eigenvalue weighted by Crippen LogP contribution is -2.29. The molecular formula is C13H16N2S. The number of hydrogen-bond donors (Lipinski definition) is 0. The van der Waals surface area contributed by atoms with Gasteiger partial charge in [-0.1, -0.05) is 18.6 Å². The molecular weight excluding hydrogens is 216 g/mol. The van der Waals surface area contributed by atoms with Crippen LogP contribution in [0.15, 0.2) is 24.3 Å². The van der Waals surface area contributed by atoms with Gasteiger partial charge in [0.05, 0.1) is 16.3 Å². The van der Waals surface area contributed by atoms with Crippen LogP contribution in [0.4, 0.5) is 0 Å². The number of likely N-dealkylation sites (tertiary alicyclic amines) is 1. The highest BCUT2D eigenvalue weighted by Gasteiger charge is 2.23. The first-order valence-electron chi connectivity index (χ1n) is 5.90. The Hall–Kier alpha value is -0.930. The number of piperidine rings is 1. The Morgan fingerprint density at radius 1 is 1.31 bits per heavy atom. The van der Waals surface area contributed by atoms with Crippen molar-refractivity contribution in [1.82, 2.24) is 9.88 Å². The van der Waals surface area contributed by atoms with Crippen LogP contribution in [0.2, 0.25) is 0 Å². The van der Waals surface area contributed by atoms with Gasteiger partial charge in [0.1, 0.15) is 5.01 Å². The molecule has 2 nitrogen and oxygen atoms in total. The summed E-state index contributed by atoms with van der Waals surface area (Å²) < 4.78 is 1.32. The van der Waals surface area contributed by atoms with Crippen molar-refractivity contribution in [2.45, 2.75) is 25.3 Å². The van der Waals surface area contributed by atoms with Crippen molar-refractivity contribution in [1.29, 1.82) is 0 Å². The molecule has 0 aliphatic carbocycles. The largest absolute Gasteiger partial charge is 0.297 e. The molecule has 1 aliphatic rings. The van der Waals surface area contributed by atoms with Crippen molar-refractivity contribution in [3.63, 3.8) is 0 Å². The third-order valence-electron chi connectivity index (χ3n) is 3.37. The number of para-hydroxylation sites is 1. The summed E-state index contributed by atoms with van der Waals surface area (Å²) in [5.74, 6) is 0. The van der Waals surface area contributed by atoms with Crippen molar-refractivity contribution in [3.8, 4) is 0 Å². The smallest absolute Gasteiger partial charge is 0.111 e. The van der Waals surface area contributed by atoms with Gasteiger partial charge in [-0.25, -0.2) is 4.98 Å². The first-order valence-corrected chi connectivity index (χ1v) is 6.72. The Bertz CT molecular complexity index is 458. The molecule has 1 aromatic carbocycles. The van der Waals surface area contributed by atoms with Gasteiger partial charge in [-0.05, 0) is 38.6 Å². The van der Waals surface area contributed by atoms with E-state index >= 15 is 0 Å². The Labute approximate surface area is 99.9 Å². The summed E-state index contributed by atoms with van der Waals surface area (Å²) in [6.07, 6.45) is 3.93. The van der Waals surface area contributed by atoms with Gasteiger partial charge >= 0.3 is 0 Å². The molecule has 0 unspecified atom stereocenters. The summed E-state index contributed by atoms with van der Waals surface area (Å²) in [4.78, 5) is 7.21. The van der Waals surface area contributed by atoms with Crippen LogP contribution in [0.3, 0.4) is 0 Å². The third kappa shape index (κ3) is 1.74. The molecule has 16 heavy (non-hydrogen) atoms. The molecule has 2 heterocycles. The Morgan fingerprint density at radius 2 is 2.19 bits per heavy atom. The van der Waals surface area contributed by atoms with Crippen LogP contribution in [0.25, 0.3) is 10.2 Å². The summed E-state index contributed by atoms with van der Waals surface area (Å²) in [5.41, 5.74) is 1.15. The van der Waals surface area contributed by atoms with E-state index in [-0.39, 0.29) is 0 Å². The zero-order chi connectivity index (χ0) is 11.0. The number of rotatable bonds is 1. The molecule has 1 atom stereocenters. The second-order valence-corrected chi connectivity index (χ2v) is 5.57. The van der Waals surface area contributed by atoms with E-state index in [0.29, 0.717) is 6.04 Å². The van der Waals surface area contributed by atoms with E-state index in [1.807, 2.05) is 11.3 Å². The number of aromatic nitrogens is 1. The lowest BCUT2D eigenvalue weighted by Gasteiger charge is -2.30. The molecule has 0 radical (unpaired) electrons. The van der Waals surface area contributed by atoms with Crippen molar-refractivity contribution in [2.75, 3.05) is 13.6 Å². The maximum absolute atomic E-state index is 4.76. The summed E-state index contributed by atoms with van der Waals surface area (Å²) in [7, 11) is 2.22. The van der Waals surface area contributed by atoms with Crippen LogP contribution in [0, 0.1) is 0 Å². The fraction of sp³-hybridized carbons (Fsp3) is 0.462. The van der Waals surface area contributed by atoms with Crippen molar-refractivity contribution in [2.24, 2.45) is 0 Å². The van der Waals surface area contributed by atoms with Crippen molar-refractivity contribution in [3.05, 3.63) is 29.3 Å². The molecule has 3 rings (SSSR count). The second-order valence-electron chi connectivity index (χ2n) is 4.51. The molecule has 1 saturated heterocycles. The molecule has 84 valence electrons. The number of benzene rings is 1. The quantitative estimate of drug-likeness (QED) is 0.748. The second kappa shape index (κ2) is 4.15. The predicted molar refractivity (Wildman–Crippen MR) is 68.8 cm³/mol. The van der Waals surface area contributed by atoms with Gasteiger partial charge in [-0.2, -0.15) is 0 Å². The summed E-state index contributed by atoms with van der Waals surface area (Å²) in [5, 5.41) is 1.29.